The van der Waals surface area contributed by atoms with E-state index in [2.05, 4.69) is 18.8 Å². The molecule has 8 nitrogen and oxygen atoms in total. The number of hydrogen-bond donors (Lipinski definition) is 1. The fraction of sp³-hybridized carbons (Fsp3) is 0.424. The Hall–Kier alpha value is -4.07. The number of unbranched alkanes of at least 4 members (excludes halogenated alkanes) is 2. The maximum absolute atomic E-state index is 14.3. The van der Waals surface area contributed by atoms with E-state index in [4.69, 9.17) is 13.9 Å². The van der Waals surface area contributed by atoms with Crippen LogP contribution in [0.1, 0.15) is 68.3 Å². The lowest BCUT2D eigenvalue weighted by Crippen LogP contribution is -2.53. The number of carbonyl (C=O) groups is 2. The van der Waals surface area contributed by atoms with Crippen molar-refractivity contribution in [3.8, 4) is 5.75 Å². The van der Waals surface area contributed by atoms with Crippen molar-refractivity contribution in [3.63, 3.8) is 0 Å². The van der Waals surface area contributed by atoms with Gasteiger partial charge >= 0.3 is 11.6 Å². The summed E-state index contributed by atoms with van der Waals surface area (Å²) in [7, 11) is 1.35. The zero-order chi connectivity index (χ0) is 29.1. The minimum Gasteiger partial charge on any atom is -0.480 e. The van der Waals surface area contributed by atoms with E-state index in [0.717, 1.165) is 64.4 Å². The van der Waals surface area contributed by atoms with Crippen LogP contribution in [-0.4, -0.2) is 41.0 Å². The molecule has 1 amide bonds. The Labute approximate surface area is 239 Å². The number of aromatic amines is 1. The molecule has 0 aliphatic carbocycles. The Morgan fingerprint density at radius 2 is 1.90 bits per heavy atom. The van der Waals surface area contributed by atoms with Gasteiger partial charge in [-0.3, -0.25) is 4.79 Å². The van der Waals surface area contributed by atoms with E-state index in [-0.39, 0.29) is 12.5 Å². The predicted octanol–water partition coefficient (Wildman–Crippen LogP) is 5.99. The second kappa shape index (κ2) is 12.2. The van der Waals surface area contributed by atoms with Gasteiger partial charge in [-0.1, -0.05) is 44.9 Å². The summed E-state index contributed by atoms with van der Waals surface area (Å²) in [5.74, 6) is -0.198. The minimum absolute atomic E-state index is 0.250. The van der Waals surface area contributed by atoms with Gasteiger partial charge in [0, 0.05) is 29.1 Å². The number of H-pyrrole nitrogens is 1. The maximum Gasteiger partial charge on any atom is 0.336 e. The zero-order valence-electron chi connectivity index (χ0n) is 24.2. The van der Waals surface area contributed by atoms with Crippen LogP contribution in [0.5, 0.6) is 5.75 Å². The fourth-order valence-corrected chi connectivity index (χ4v) is 5.87. The third-order valence-electron chi connectivity index (χ3n) is 7.96. The van der Waals surface area contributed by atoms with Crippen molar-refractivity contribution in [1.29, 1.82) is 0 Å². The van der Waals surface area contributed by atoms with Gasteiger partial charge in [0.05, 0.1) is 19.0 Å². The van der Waals surface area contributed by atoms with Crippen LogP contribution in [0.15, 0.2) is 51.7 Å². The van der Waals surface area contributed by atoms with Gasteiger partial charge in [-0.15, -0.1) is 0 Å². The number of para-hydroxylation sites is 1. The molecule has 41 heavy (non-hydrogen) atoms. The maximum atomic E-state index is 14.3. The molecule has 216 valence electrons. The van der Waals surface area contributed by atoms with E-state index in [9.17, 15) is 14.4 Å². The van der Waals surface area contributed by atoms with Gasteiger partial charge in [-0.05, 0) is 67.5 Å². The highest BCUT2D eigenvalue weighted by molar-refractivity contribution is 5.92. The molecule has 1 aliphatic heterocycles. The highest BCUT2D eigenvalue weighted by Crippen LogP contribution is 2.34. The SMILES string of the molecule is CCCCc1cc(=O)oc2cc(C)cc(OC(CCCC)C(=O)N3Cc4[nH]c5ccccc5c4C[C@H]3C(=O)OC)c12. The van der Waals surface area contributed by atoms with E-state index >= 15 is 0 Å². The van der Waals surface area contributed by atoms with Crippen molar-refractivity contribution in [2.75, 3.05) is 7.11 Å². The number of nitrogens with one attached hydrogen (secondary N) is 1. The van der Waals surface area contributed by atoms with Crippen LogP contribution >= 0.6 is 0 Å². The van der Waals surface area contributed by atoms with Gasteiger partial charge in [-0.2, -0.15) is 0 Å². The van der Waals surface area contributed by atoms with E-state index in [1.807, 2.05) is 43.3 Å². The second-order valence-corrected chi connectivity index (χ2v) is 10.9. The topological polar surface area (TPSA) is 102 Å². The Kier molecular flexibility index (Phi) is 8.47. The zero-order valence-corrected chi connectivity index (χ0v) is 24.2. The second-order valence-electron chi connectivity index (χ2n) is 10.9. The molecule has 2 atom stereocenters. The molecule has 1 unspecified atom stereocenters. The first kappa shape index (κ1) is 28.5. The average molecular weight is 559 g/mol. The summed E-state index contributed by atoms with van der Waals surface area (Å²) < 4.78 is 17.3. The summed E-state index contributed by atoms with van der Waals surface area (Å²) in [6.45, 7) is 6.32. The molecule has 4 aromatic rings. The van der Waals surface area contributed by atoms with Crippen LogP contribution in [-0.2, 0) is 33.7 Å². The lowest BCUT2D eigenvalue weighted by Gasteiger charge is -2.36. The average Bonchev–Trinajstić information content (AvgIpc) is 3.33. The van der Waals surface area contributed by atoms with Crippen molar-refractivity contribution in [1.82, 2.24) is 9.88 Å². The number of hydrogen-bond acceptors (Lipinski definition) is 6. The molecule has 3 heterocycles. The van der Waals surface area contributed by atoms with Gasteiger partial charge in [0.2, 0.25) is 0 Å². The molecule has 0 radical (unpaired) electrons. The third kappa shape index (κ3) is 5.73. The highest BCUT2D eigenvalue weighted by Gasteiger charge is 2.40. The molecule has 5 rings (SSSR count). The van der Waals surface area contributed by atoms with Crippen molar-refractivity contribution < 1.29 is 23.5 Å². The molecular weight excluding hydrogens is 520 g/mol. The summed E-state index contributed by atoms with van der Waals surface area (Å²) in [4.78, 5) is 44.7. The Morgan fingerprint density at radius 1 is 1.12 bits per heavy atom. The number of benzene rings is 2. The molecule has 1 aliphatic rings. The van der Waals surface area contributed by atoms with Crippen LogP contribution in [0.25, 0.3) is 21.9 Å². The highest BCUT2D eigenvalue weighted by atomic mass is 16.5. The normalized spacial score (nSPS) is 15.6. The minimum atomic E-state index is -0.830. The number of amides is 1. The van der Waals surface area contributed by atoms with Crippen LogP contribution in [0.3, 0.4) is 0 Å². The van der Waals surface area contributed by atoms with Gasteiger partial charge in [0.15, 0.2) is 6.10 Å². The number of aromatic nitrogens is 1. The van der Waals surface area contributed by atoms with E-state index in [0.29, 0.717) is 30.6 Å². The first-order valence-corrected chi connectivity index (χ1v) is 14.5. The first-order chi connectivity index (χ1) is 19.8. The van der Waals surface area contributed by atoms with Gasteiger partial charge in [0.25, 0.3) is 5.91 Å². The first-order valence-electron chi connectivity index (χ1n) is 14.5. The Bertz CT molecular complexity index is 1630. The molecular formula is C33H38N2O6. The summed E-state index contributed by atoms with van der Waals surface area (Å²) in [5, 5.41) is 1.77. The quantitative estimate of drug-likeness (QED) is 0.190. The van der Waals surface area contributed by atoms with Crippen molar-refractivity contribution in [2.24, 2.45) is 0 Å². The summed E-state index contributed by atoms with van der Waals surface area (Å²) in [6, 6.07) is 12.4. The standard InChI is InChI=1S/C33H38N2O6/c1-5-7-11-21-17-30(36)41-29-16-20(3)15-28(31(21)29)40-27(14-8-6-2)32(37)35-19-25-23(18-26(35)33(38)39-4)22-12-9-10-13-24(22)34-25/h9-10,12-13,15-17,26-27,34H,5-8,11,14,18-19H2,1-4H3/t26-,27?/m0/s1. The van der Waals surface area contributed by atoms with Crippen LogP contribution in [0.4, 0.5) is 0 Å². The molecule has 0 fully saturated rings. The fourth-order valence-electron chi connectivity index (χ4n) is 5.87. The molecule has 0 saturated carbocycles. The summed E-state index contributed by atoms with van der Waals surface area (Å²) in [6.07, 6.45) is 4.24. The van der Waals surface area contributed by atoms with Crippen molar-refractivity contribution in [2.45, 2.75) is 84.4 Å². The van der Waals surface area contributed by atoms with Crippen LogP contribution in [0.2, 0.25) is 0 Å². The number of rotatable bonds is 10. The monoisotopic (exact) mass is 558 g/mol. The molecule has 2 aromatic carbocycles. The third-order valence-corrected chi connectivity index (χ3v) is 7.96. The smallest absolute Gasteiger partial charge is 0.336 e. The number of ether oxygens (including phenoxy) is 2. The number of methoxy groups -OCH3 is 1. The number of esters is 1. The molecule has 8 heteroatoms. The lowest BCUT2D eigenvalue weighted by atomic mass is 9.95. The molecule has 1 N–H and O–H groups in total. The number of fused-ring (bicyclic) bond motifs is 4. The van der Waals surface area contributed by atoms with Crippen LogP contribution in [0, 0.1) is 6.92 Å². The number of nitrogens with zero attached hydrogens (tertiary/aromatic N) is 1. The van der Waals surface area contributed by atoms with Gasteiger partial charge < -0.3 is 23.8 Å². The Morgan fingerprint density at radius 3 is 2.66 bits per heavy atom. The number of aryl methyl sites for hydroxylation is 2. The van der Waals surface area contributed by atoms with E-state index in [1.54, 1.807) is 4.90 Å². The largest absolute Gasteiger partial charge is 0.480 e. The predicted molar refractivity (Wildman–Crippen MR) is 158 cm³/mol. The van der Waals surface area contributed by atoms with Gasteiger partial charge in [-0.25, -0.2) is 9.59 Å². The van der Waals surface area contributed by atoms with Gasteiger partial charge in [0.1, 0.15) is 17.4 Å². The van der Waals surface area contributed by atoms with Crippen molar-refractivity contribution >= 4 is 33.7 Å². The molecule has 2 aromatic heterocycles. The summed E-state index contributed by atoms with van der Waals surface area (Å²) in [5.41, 5.74) is 4.68. The van der Waals surface area contributed by atoms with E-state index in [1.165, 1.54) is 13.2 Å². The van der Waals surface area contributed by atoms with Crippen LogP contribution < -0.4 is 10.4 Å². The molecule has 0 bridgehead atoms. The summed E-state index contributed by atoms with van der Waals surface area (Å²) >= 11 is 0. The Balaban J connectivity index is 1.55. The van der Waals surface area contributed by atoms with Crippen molar-refractivity contribution in [3.05, 3.63) is 75.3 Å². The van der Waals surface area contributed by atoms with E-state index < -0.39 is 23.7 Å². The lowest BCUT2D eigenvalue weighted by molar-refractivity contribution is -0.157. The molecule has 0 saturated heterocycles. The number of carbonyl (C=O) groups excluding carboxylic acids is 2. The molecule has 0 spiro atoms.